The molecule has 3 aromatic heterocycles. The van der Waals surface area contributed by atoms with E-state index in [9.17, 15) is 4.79 Å². The third-order valence-corrected chi connectivity index (χ3v) is 5.64. The predicted octanol–water partition coefficient (Wildman–Crippen LogP) is 5.13. The smallest absolute Gasteiger partial charge is 0.291 e. The highest BCUT2D eigenvalue weighted by Gasteiger charge is 2.22. The van der Waals surface area contributed by atoms with Crippen molar-refractivity contribution in [1.82, 2.24) is 20.1 Å². The lowest BCUT2D eigenvalue weighted by atomic mass is 10.1. The first-order valence-electron chi connectivity index (χ1n) is 9.80. The molecule has 0 aliphatic rings. The molecular weight excluding hydrogens is 426 g/mol. The molecule has 0 fully saturated rings. The monoisotopic (exact) mass is 443 g/mol. The van der Waals surface area contributed by atoms with Gasteiger partial charge in [-0.1, -0.05) is 47.3 Å². The number of anilines is 1. The number of nitrogens with one attached hydrogen (secondary N) is 1. The molecule has 1 amide bonds. The molecule has 0 atom stereocenters. The number of hydrogen-bond donors (Lipinski definition) is 1. The lowest BCUT2D eigenvalue weighted by Gasteiger charge is -2.08. The van der Waals surface area contributed by atoms with Crippen molar-refractivity contribution < 1.29 is 13.7 Å². The number of para-hydroxylation sites is 2. The Hall–Kier alpha value is -3.98. The molecule has 9 heteroatoms. The minimum absolute atomic E-state index is 0.244. The predicted molar refractivity (Wildman–Crippen MR) is 120 cm³/mol. The van der Waals surface area contributed by atoms with Crippen LogP contribution in [0.25, 0.3) is 22.4 Å². The van der Waals surface area contributed by atoms with Crippen LogP contribution in [0.15, 0.2) is 81.1 Å². The Labute approximate surface area is 187 Å². The van der Waals surface area contributed by atoms with Gasteiger partial charge in [0.15, 0.2) is 10.9 Å². The summed E-state index contributed by atoms with van der Waals surface area (Å²) in [5, 5.41) is 8.41. The molecule has 0 spiro atoms. The van der Waals surface area contributed by atoms with E-state index in [4.69, 9.17) is 8.94 Å². The van der Waals surface area contributed by atoms with Gasteiger partial charge in [0.25, 0.3) is 5.91 Å². The van der Waals surface area contributed by atoms with Gasteiger partial charge in [0, 0.05) is 41.6 Å². The van der Waals surface area contributed by atoms with Crippen molar-refractivity contribution in [2.75, 3.05) is 5.32 Å². The van der Waals surface area contributed by atoms with E-state index in [1.165, 1.54) is 11.8 Å². The molecule has 5 aromatic rings. The Morgan fingerprint density at radius 1 is 1.03 bits per heavy atom. The second-order valence-electron chi connectivity index (χ2n) is 6.86. The number of nitrogens with zero attached hydrogens (tertiary/aromatic N) is 4. The number of aromatic nitrogens is 4. The fourth-order valence-electron chi connectivity index (χ4n) is 3.30. The molecule has 8 nitrogen and oxygen atoms in total. The average molecular weight is 443 g/mol. The molecule has 32 heavy (non-hydrogen) atoms. The van der Waals surface area contributed by atoms with E-state index in [1.807, 2.05) is 42.5 Å². The summed E-state index contributed by atoms with van der Waals surface area (Å²) in [6, 6.07) is 16.6. The lowest BCUT2D eigenvalue weighted by molar-refractivity contribution is 0.0998. The van der Waals surface area contributed by atoms with E-state index in [2.05, 4.69) is 25.4 Å². The van der Waals surface area contributed by atoms with Gasteiger partial charge in [-0.15, -0.1) is 0 Å². The second-order valence-corrected chi connectivity index (χ2v) is 7.81. The molecule has 3 heterocycles. The van der Waals surface area contributed by atoms with Gasteiger partial charge < -0.3 is 14.3 Å². The maximum atomic E-state index is 13.3. The van der Waals surface area contributed by atoms with Crippen LogP contribution in [0.4, 0.5) is 5.69 Å². The number of aryl methyl sites for hydroxylation is 1. The summed E-state index contributed by atoms with van der Waals surface area (Å²) in [6.07, 6.45) is 3.38. The summed E-state index contributed by atoms with van der Waals surface area (Å²) < 4.78 is 11.0. The summed E-state index contributed by atoms with van der Waals surface area (Å²) in [7, 11) is 0. The number of hydrogen-bond acceptors (Lipinski definition) is 8. The van der Waals surface area contributed by atoms with Crippen LogP contribution in [0.3, 0.4) is 0 Å². The molecule has 5 rings (SSSR count). The average Bonchev–Trinajstić information content (AvgIpc) is 3.42. The van der Waals surface area contributed by atoms with Gasteiger partial charge in [-0.3, -0.25) is 4.79 Å². The number of fused-ring (bicyclic) bond motifs is 1. The van der Waals surface area contributed by atoms with Crippen LogP contribution in [0.2, 0.25) is 0 Å². The van der Waals surface area contributed by atoms with Gasteiger partial charge >= 0.3 is 0 Å². The summed E-state index contributed by atoms with van der Waals surface area (Å²) in [5.41, 5.74) is 2.64. The Bertz CT molecular complexity index is 1400. The Morgan fingerprint density at radius 3 is 2.62 bits per heavy atom. The fourth-order valence-corrected chi connectivity index (χ4v) is 4.13. The van der Waals surface area contributed by atoms with Crippen molar-refractivity contribution in [3.63, 3.8) is 0 Å². The molecule has 2 aromatic carbocycles. The van der Waals surface area contributed by atoms with Crippen LogP contribution >= 0.6 is 11.8 Å². The summed E-state index contributed by atoms with van der Waals surface area (Å²) in [5.74, 6) is 1.21. The molecule has 0 radical (unpaired) electrons. The minimum atomic E-state index is -0.363. The van der Waals surface area contributed by atoms with Gasteiger partial charge in [0.2, 0.25) is 11.7 Å². The number of carbonyl (C=O) groups excluding carboxylic acids is 1. The molecule has 0 saturated carbocycles. The van der Waals surface area contributed by atoms with E-state index in [0.717, 1.165) is 10.9 Å². The second kappa shape index (κ2) is 8.64. The number of benzene rings is 2. The van der Waals surface area contributed by atoms with Gasteiger partial charge in [0.1, 0.15) is 5.58 Å². The zero-order chi connectivity index (χ0) is 21.9. The van der Waals surface area contributed by atoms with Crippen molar-refractivity contribution in [3.8, 4) is 11.4 Å². The van der Waals surface area contributed by atoms with Crippen LogP contribution in [-0.2, 0) is 5.75 Å². The van der Waals surface area contributed by atoms with Gasteiger partial charge in [-0.25, -0.2) is 9.97 Å². The van der Waals surface area contributed by atoms with Crippen molar-refractivity contribution >= 4 is 34.3 Å². The first-order chi connectivity index (χ1) is 15.7. The van der Waals surface area contributed by atoms with Gasteiger partial charge in [-0.2, -0.15) is 4.98 Å². The number of amides is 1. The lowest BCUT2D eigenvalue weighted by Crippen LogP contribution is -2.13. The van der Waals surface area contributed by atoms with E-state index < -0.39 is 0 Å². The zero-order valence-corrected chi connectivity index (χ0v) is 17.8. The van der Waals surface area contributed by atoms with Gasteiger partial charge in [0.05, 0.1) is 5.69 Å². The maximum Gasteiger partial charge on any atom is 0.291 e. The third-order valence-electron chi connectivity index (χ3n) is 4.74. The quantitative estimate of drug-likeness (QED) is 0.284. The molecule has 0 aliphatic carbocycles. The number of furan rings is 1. The number of rotatable bonds is 6. The molecule has 1 N–H and O–H groups in total. The minimum Gasteiger partial charge on any atom is -0.451 e. The van der Waals surface area contributed by atoms with Crippen molar-refractivity contribution in [2.24, 2.45) is 0 Å². The van der Waals surface area contributed by atoms with Crippen LogP contribution in [-0.4, -0.2) is 26.0 Å². The van der Waals surface area contributed by atoms with Crippen LogP contribution in [0, 0.1) is 6.92 Å². The Kier molecular flexibility index (Phi) is 5.39. The first kappa shape index (κ1) is 20.0. The highest BCUT2D eigenvalue weighted by Crippen LogP contribution is 2.32. The van der Waals surface area contributed by atoms with Crippen LogP contribution < -0.4 is 5.32 Å². The van der Waals surface area contributed by atoms with E-state index in [1.54, 1.807) is 31.5 Å². The first-order valence-corrected chi connectivity index (χ1v) is 10.8. The SMILES string of the molecule is Cc1nc(-c2ccccc2NC(=O)c2oc3ccccc3c2CSc2ncccn2)no1. The zero-order valence-electron chi connectivity index (χ0n) is 17.0. The maximum absolute atomic E-state index is 13.3. The highest BCUT2D eigenvalue weighted by molar-refractivity contribution is 7.98. The molecular formula is C23H17N5O3S. The Balaban J connectivity index is 1.48. The Morgan fingerprint density at radius 2 is 1.81 bits per heavy atom. The van der Waals surface area contributed by atoms with Crippen molar-refractivity contribution in [3.05, 3.63) is 84.2 Å². The topological polar surface area (TPSA) is 107 Å². The summed E-state index contributed by atoms with van der Waals surface area (Å²) >= 11 is 1.44. The van der Waals surface area contributed by atoms with Crippen molar-refractivity contribution in [2.45, 2.75) is 17.8 Å². The third kappa shape index (κ3) is 3.97. The van der Waals surface area contributed by atoms with E-state index >= 15 is 0 Å². The van der Waals surface area contributed by atoms with Gasteiger partial charge in [-0.05, 0) is 24.3 Å². The molecule has 0 saturated heterocycles. The van der Waals surface area contributed by atoms with E-state index in [-0.39, 0.29) is 11.7 Å². The summed E-state index contributed by atoms with van der Waals surface area (Å²) in [4.78, 5) is 26.1. The molecule has 0 bridgehead atoms. The van der Waals surface area contributed by atoms with Crippen LogP contribution in [0.1, 0.15) is 22.0 Å². The largest absolute Gasteiger partial charge is 0.451 e. The van der Waals surface area contributed by atoms with Crippen molar-refractivity contribution in [1.29, 1.82) is 0 Å². The number of carbonyl (C=O) groups is 1. The fraction of sp³-hybridized carbons (Fsp3) is 0.0870. The summed E-state index contributed by atoms with van der Waals surface area (Å²) in [6.45, 7) is 1.71. The van der Waals surface area contributed by atoms with Crippen LogP contribution in [0.5, 0.6) is 0 Å². The van der Waals surface area contributed by atoms with E-state index in [0.29, 0.717) is 39.5 Å². The molecule has 0 aliphatic heterocycles. The normalized spacial score (nSPS) is 11.0. The molecule has 158 valence electrons. The highest BCUT2D eigenvalue weighted by atomic mass is 32.2. The molecule has 0 unspecified atom stereocenters. The number of thioether (sulfide) groups is 1. The standard InChI is InChI=1S/C23H17N5O3S/c1-14-26-21(28-31-14)16-8-2-4-9-18(16)27-22(29)20-17(13-32-23-24-11-6-12-25-23)15-7-3-5-10-19(15)30-20/h2-12H,13H2,1H3,(H,27,29).